The Hall–Kier alpha value is -1.90. The maximum Gasteiger partial charge on any atom is 0.325 e. The van der Waals surface area contributed by atoms with Gasteiger partial charge in [0.15, 0.2) is 5.79 Å². The minimum atomic E-state index is -0.523. The molecule has 3 rings (SSSR count). The molecule has 5 nitrogen and oxygen atoms in total. The maximum absolute atomic E-state index is 11.3. The summed E-state index contributed by atoms with van der Waals surface area (Å²) in [6.07, 6.45) is 3.70. The average Bonchev–Trinajstić information content (AvgIpc) is 2.97. The number of hydrogen-bond donors (Lipinski definition) is 0. The van der Waals surface area contributed by atoms with E-state index < -0.39 is 5.97 Å². The molecular weight excluding hydrogens is 282 g/mol. The molecule has 2 aliphatic rings. The molecule has 0 amide bonds. The normalized spacial score (nSPS) is 20.7. The second-order valence-electron chi connectivity index (χ2n) is 5.76. The first kappa shape index (κ1) is 15.0. The van der Waals surface area contributed by atoms with Gasteiger partial charge in [-0.2, -0.15) is 5.26 Å². The highest BCUT2D eigenvalue weighted by Gasteiger charge is 2.40. The van der Waals surface area contributed by atoms with Gasteiger partial charge in [0.05, 0.1) is 19.3 Å². The molecule has 1 aliphatic heterocycles. The van der Waals surface area contributed by atoms with Gasteiger partial charge in [0, 0.05) is 12.8 Å². The predicted molar refractivity (Wildman–Crippen MR) is 78.2 cm³/mol. The summed E-state index contributed by atoms with van der Waals surface area (Å²) in [7, 11) is 0. The fourth-order valence-electron chi connectivity index (χ4n) is 3.22. The number of nitrogens with zero attached hydrogens (tertiary/aromatic N) is 1. The lowest BCUT2D eigenvalue weighted by atomic mass is 9.81. The van der Waals surface area contributed by atoms with E-state index in [1.165, 1.54) is 5.56 Å². The van der Waals surface area contributed by atoms with Crippen molar-refractivity contribution in [1.29, 1.82) is 5.26 Å². The maximum atomic E-state index is 11.3. The first-order chi connectivity index (χ1) is 10.7. The van der Waals surface area contributed by atoms with E-state index in [1.54, 1.807) is 18.2 Å². The Labute approximate surface area is 129 Å². The van der Waals surface area contributed by atoms with E-state index in [0.29, 0.717) is 24.9 Å². The minimum absolute atomic E-state index is 0.230. The number of hydrogen-bond acceptors (Lipinski definition) is 5. The quantitative estimate of drug-likeness (QED) is 0.634. The molecule has 1 aliphatic carbocycles. The second-order valence-corrected chi connectivity index (χ2v) is 5.76. The third-order valence-corrected chi connectivity index (χ3v) is 4.37. The van der Waals surface area contributed by atoms with E-state index >= 15 is 0 Å². The highest BCUT2D eigenvalue weighted by molar-refractivity contribution is 5.74. The molecule has 0 radical (unpaired) electrons. The Morgan fingerprint density at radius 1 is 1.23 bits per heavy atom. The molecule has 1 aromatic carbocycles. The number of nitriles is 1. The van der Waals surface area contributed by atoms with Crippen LogP contribution in [0.4, 0.5) is 0 Å². The molecule has 1 spiro atoms. The number of ether oxygens (including phenoxy) is 3. The Morgan fingerprint density at radius 2 is 1.86 bits per heavy atom. The Kier molecular flexibility index (Phi) is 4.41. The van der Waals surface area contributed by atoms with Crippen molar-refractivity contribution in [3.05, 3.63) is 29.8 Å². The number of carbonyl (C=O) groups is 1. The summed E-state index contributed by atoms with van der Waals surface area (Å²) in [5.41, 5.74) is 1.24. The molecule has 1 aromatic rings. The highest BCUT2D eigenvalue weighted by atomic mass is 16.7. The molecular formula is C17H19NO4. The van der Waals surface area contributed by atoms with Gasteiger partial charge in [-0.3, -0.25) is 4.79 Å². The van der Waals surface area contributed by atoms with Crippen molar-refractivity contribution in [2.75, 3.05) is 13.2 Å². The third-order valence-electron chi connectivity index (χ3n) is 4.37. The third kappa shape index (κ3) is 3.29. The van der Waals surface area contributed by atoms with Gasteiger partial charge in [0.2, 0.25) is 0 Å². The lowest BCUT2D eigenvalue weighted by Gasteiger charge is -2.35. The average molecular weight is 301 g/mol. The van der Waals surface area contributed by atoms with Crippen molar-refractivity contribution in [1.82, 2.24) is 0 Å². The molecule has 2 fully saturated rings. The summed E-state index contributed by atoms with van der Waals surface area (Å²) in [6, 6.07) is 9.34. The summed E-state index contributed by atoms with van der Waals surface area (Å²) in [6.45, 7) is 1.40. The van der Waals surface area contributed by atoms with Crippen LogP contribution in [0.1, 0.15) is 43.6 Å². The number of carbonyl (C=O) groups excluding carboxylic acids is 1. The topological polar surface area (TPSA) is 68.6 Å². The Bertz CT molecular complexity index is 559. The predicted octanol–water partition coefficient (Wildman–Crippen LogP) is 2.91. The van der Waals surface area contributed by atoms with Gasteiger partial charge >= 0.3 is 5.97 Å². The SMILES string of the molecule is N#CCC(=O)Oc1ccc(C2CCC3(CC2)OCCO3)cc1. The Morgan fingerprint density at radius 3 is 2.45 bits per heavy atom. The summed E-state index contributed by atoms with van der Waals surface area (Å²) in [5.74, 6) is 0.120. The zero-order chi connectivity index (χ0) is 15.4. The molecule has 0 unspecified atom stereocenters. The summed E-state index contributed by atoms with van der Waals surface area (Å²) < 4.78 is 16.6. The molecule has 0 atom stereocenters. The first-order valence-electron chi connectivity index (χ1n) is 7.66. The van der Waals surface area contributed by atoms with Crippen LogP contribution in [0, 0.1) is 11.3 Å². The molecule has 0 bridgehead atoms. The van der Waals surface area contributed by atoms with Gasteiger partial charge < -0.3 is 14.2 Å². The van der Waals surface area contributed by atoms with E-state index in [9.17, 15) is 4.79 Å². The monoisotopic (exact) mass is 301 g/mol. The van der Waals surface area contributed by atoms with Crippen LogP contribution in [0.2, 0.25) is 0 Å². The van der Waals surface area contributed by atoms with Gasteiger partial charge in [-0.25, -0.2) is 0 Å². The number of esters is 1. The standard InChI is InChI=1S/C17H19NO4/c18-10-7-16(19)22-15-3-1-13(2-4-15)14-5-8-17(9-6-14)20-11-12-21-17/h1-4,14H,5-9,11-12H2. The molecule has 22 heavy (non-hydrogen) atoms. The van der Waals surface area contributed by atoms with E-state index in [-0.39, 0.29) is 12.2 Å². The zero-order valence-corrected chi connectivity index (χ0v) is 12.4. The summed E-state index contributed by atoms with van der Waals surface area (Å²) in [5, 5.41) is 8.45. The van der Waals surface area contributed by atoms with E-state index in [0.717, 1.165) is 25.7 Å². The molecule has 1 saturated carbocycles. The van der Waals surface area contributed by atoms with Crippen LogP contribution < -0.4 is 4.74 Å². The lowest BCUT2D eigenvalue weighted by Crippen LogP contribution is -2.34. The van der Waals surface area contributed by atoms with Crippen LogP contribution in [0.5, 0.6) is 5.75 Å². The van der Waals surface area contributed by atoms with Gasteiger partial charge in [0.25, 0.3) is 0 Å². The minimum Gasteiger partial charge on any atom is -0.426 e. The molecule has 0 N–H and O–H groups in total. The lowest BCUT2D eigenvalue weighted by molar-refractivity contribution is -0.178. The van der Waals surface area contributed by atoms with Crippen molar-refractivity contribution in [2.24, 2.45) is 0 Å². The van der Waals surface area contributed by atoms with Gasteiger partial charge in [-0.15, -0.1) is 0 Å². The molecule has 5 heteroatoms. The number of benzene rings is 1. The van der Waals surface area contributed by atoms with Crippen LogP contribution in [-0.4, -0.2) is 25.0 Å². The fourth-order valence-corrected chi connectivity index (χ4v) is 3.22. The van der Waals surface area contributed by atoms with Crippen molar-refractivity contribution in [2.45, 2.75) is 43.8 Å². The van der Waals surface area contributed by atoms with Crippen molar-refractivity contribution >= 4 is 5.97 Å². The number of rotatable bonds is 3. The highest BCUT2D eigenvalue weighted by Crippen LogP contribution is 2.42. The Balaban J connectivity index is 1.57. The van der Waals surface area contributed by atoms with E-state index in [2.05, 4.69) is 0 Å². The van der Waals surface area contributed by atoms with Gasteiger partial charge in [-0.05, 0) is 36.5 Å². The van der Waals surface area contributed by atoms with E-state index in [4.69, 9.17) is 19.5 Å². The van der Waals surface area contributed by atoms with Crippen LogP contribution >= 0.6 is 0 Å². The summed E-state index contributed by atoms with van der Waals surface area (Å²) >= 11 is 0. The van der Waals surface area contributed by atoms with Crippen LogP contribution in [0.15, 0.2) is 24.3 Å². The zero-order valence-electron chi connectivity index (χ0n) is 12.4. The first-order valence-corrected chi connectivity index (χ1v) is 7.66. The van der Waals surface area contributed by atoms with E-state index in [1.807, 2.05) is 12.1 Å². The van der Waals surface area contributed by atoms with Crippen LogP contribution in [-0.2, 0) is 14.3 Å². The van der Waals surface area contributed by atoms with Gasteiger partial charge in [0.1, 0.15) is 12.2 Å². The van der Waals surface area contributed by atoms with Gasteiger partial charge in [-0.1, -0.05) is 12.1 Å². The fraction of sp³-hybridized carbons (Fsp3) is 0.529. The molecule has 1 saturated heterocycles. The van der Waals surface area contributed by atoms with Crippen molar-refractivity contribution < 1.29 is 19.0 Å². The summed E-state index contributed by atoms with van der Waals surface area (Å²) in [4.78, 5) is 11.3. The molecule has 116 valence electrons. The second kappa shape index (κ2) is 6.47. The van der Waals surface area contributed by atoms with Crippen molar-refractivity contribution in [3.63, 3.8) is 0 Å². The largest absolute Gasteiger partial charge is 0.426 e. The smallest absolute Gasteiger partial charge is 0.325 e. The molecule has 1 heterocycles. The van der Waals surface area contributed by atoms with Crippen LogP contribution in [0.25, 0.3) is 0 Å². The van der Waals surface area contributed by atoms with Crippen molar-refractivity contribution in [3.8, 4) is 11.8 Å². The molecule has 0 aromatic heterocycles. The van der Waals surface area contributed by atoms with Crippen LogP contribution in [0.3, 0.4) is 0 Å².